The number of halogens is 1. The molecule has 0 aromatic heterocycles. The fourth-order valence-electron chi connectivity index (χ4n) is 4.24. The van der Waals surface area contributed by atoms with E-state index >= 15 is 0 Å². The number of nitrogens with one attached hydrogen (secondary N) is 1. The summed E-state index contributed by atoms with van der Waals surface area (Å²) in [5.41, 5.74) is 0.965. The lowest BCUT2D eigenvalue weighted by atomic mass is 9.65. The smallest absolute Gasteiger partial charge is 0.421 e. The lowest BCUT2D eigenvalue weighted by Crippen LogP contribution is -2.57. The largest absolute Gasteiger partial charge is 0.449 e. The van der Waals surface area contributed by atoms with Crippen molar-refractivity contribution in [2.45, 2.75) is 24.7 Å². The van der Waals surface area contributed by atoms with E-state index < -0.39 is 17.4 Å². The molecule has 0 radical (unpaired) electrons. The van der Waals surface area contributed by atoms with Gasteiger partial charge in [0.15, 0.2) is 0 Å². The molecule has 7 heteroatoms. The van der Waals surface area contributed by atoms with Gasteiger partial charge in [-0.05, 0) is 36.2 Å². The first-order chi connectivity index (χ1) is 13.5. The van der Waals surface area contributed by atoms with Crippen molar-refractivity contribution in [1.29, 1.82) is 0 Å². The molecule has 1 N–H and O–H groups in total. The van der Waals surface area contributed by atoms with Crippen LogP contribution < -0.4 is 10.2 Å². The molecule has 144 valence electrons. The Morgan fingerprint density at radius 2 is 1.93 bits per heavy atom. The van der Waals surface area contributed by atoms with Gasteiger partial charge >= 0.3 is 6.09 Å². The second-order valence-corrected chi connectivity index (χ2v) is 7.35. The molecule has 2 aliphatic rings. The van der Waals surface area contributed by atoms with Gasteiger partial charge in [0.2, 0.25) is 11.8 Å². The third-order valence-corrected chi connectivity index (χ3v) is 5.73. The van der Waals surface area contributed by atoms with Crippen LogP contribution in [0.2, 0.25) is 5.02 Å². The van der Waals surface area contributed by atoms with Crippen LogP contribution in [0.3, 0.4) is 0 Å². The van der Waals surface area contributed by atoms with Crippen LogP contribution in [0.15, 0.2) is 48.5 Å². The Kier molecular flexibility index (Phi) is 4.59. The number of carbonyl (C=O) groups excluding carboxylic acids is 3. The van der Waals surface area contributed by atoms with Gasteiger partial charge in [0.05, 0.1) is 12.3 Å². The van der Waals surface area contributed by atoms with Crippen LogP contribution in [0.25, 0.3) is 0 Å². The van der Waals surface area contributed by atoms with E-state index in [1.807, 2.05) is 24.3 Å². The maximum atomic E-state index is 13.7. The van der Waals surface area contributed by atoms with Crippen LogP contribution in [-0.4, -0.2) is 31.1 Å². The molecule has 28 heavy (non-hydrogen) atoms. The summed E-state index contributed by atoms with van der Waals surface area (Å²) >= 11 is 6.02. The molecule has 0 saturated carbocycles. The quantitative estimate of drug-likeness (QED) is 0.841. The predicted octanol–water partition coefficient (Wildman–Crippen LogP) is 3.38. The van der Waals surface area contributed by atoms with Gasteiger partial charge in [-0.3, -0.25) is 9.59 Å². The number of carbonyl (C=O) groups is 3. The molecule has 0 aliphatic carbocycles. The van der Waals surface area contributed by atoms with Crippen molar-refractivity contribution < 1.29 is 19.1 Å². The van der Waals surface area contributed by atoms with Crippen LogP contribution in [-0.2, 0) is 19.7 Å². The molecular formula is C21H19ClN2O4. The van der Waals surface area contributed by atoms with Crippen LogP contribution in [0, 0.1) is 0 Å². The van der Waals surface area contributed by atoms with E-state index in [4.69, 9.17) is 16.3 Å². The Labute approximate surface area is 167 Å². The Morgan fingerprint density at radius 3 is 2.64 bits per heavy atom. The van der Waals surface area contributed by atoms with Crippen LogP contribution in [0.1, 0.15) is 30.4 Å². The van der Waals surface area contributed by atoms with Crippen LogP contribution in [0.5, 0.6) is 0 Å². The SMILES string of the molecule is CCOC(=O)N1C(=O)C2(CNC(=O)CC2c2ccc(Cl)cc2)c2ccccc21. The van der Waals surface area contributed by atoms with E-state index in [0.717, 1.165) is 10.5 Å². The van der Waals surface area contributed by atoms with Crippen molar-refractivity contribution in [3.05, 3.63) is 64.7 Å². The van der Waals surface area contributed by atoms with Gasteiger partial charge in [-0.1, -0.05) is 41.9 Å². The zero-order chi connectivity index (χ0) is 19.9. The van der Waals surface area contributed by atoms with E-state index in [1.54, 1.807) is 31.2 Å². The van der Waals surface area contributed by atoms with Crippen molar-refractivity contribution >= 4 is 35.2 Å². The van der Waals surface area contributed by atoms with Crippen LogP contribution in [0.4, 0.5) is 10.5 Å². The molecule has 1 fully saturated rings. The Hall–Kier alpha value is -2.86. The van der Waals surface area contributed by atoms with E-state index in [2.05, 4.69) is 5.32 Å². The first-order valence-electron chi connectivity index (χ1n) is 9.12. The number of piperidine rings is 1. The number of nitrogens with zero attached hydrogens (tertiary/aromatic N) is 1. The highest BCUT2D eigenvalue weighted by Gasteiger charge is 2.59. The van der Waals surface area contributed by atoms with Gasteiger partial charge in [-0.15, -0.1) is 0 Å². The minimum absolute atomic E-state index is 0.116. The Balaban J connectivity index is 1.89. The number of fused-ring (bicyclic) bond motifs is 2. The Morgan fingerprint density at radius 1 is 1.21 bits per heavy atom. The highest BCUT2D eigenvalue weighted by Crippen LogP contribution is 2.52. The lowest BCUT2D eigenvalue weighted by molar-refractivity contribution is -0.129. The van der Waals surface area contributed by atoms with Crippen molar-refractivity contribution in [2.75, 3.05) is 18.1 Å². The minimum Gasteiger partial charge on any atom is -0.449 e. The molecule has 0 bridgehead atoms. The van der Waals surface area contributed by atoms with Gasteiger partial charge in [0.1, 0.15) is 5.41 Å². The summed E-state index contributed by atoms with van der Waals surface area (Å²) in [7, 11) is 0. The van der Waals surface area contributed by atoms with Gasteiger partial charge in [-0.2, -0.15) is 0 Å². The number of imide groups is 1. The number of hydrogen-bond acceptors (Lipinski definition) is 4. The molecule has 1 spiro atoms. The molecule has 2 aliphatic heterocycles. The van der Waals surface area contributed by atoms with Gasteiger partial charge in [0, 0.05) is 23.9 Å². The molecule has 1 saturated heterocycles. The summed E-state index contributed by atoms with van der Waals surface area (Å²) < 4.78 is 5.13. The van der Waals surface area contributed by atoms with Gasteiger partial charge < -0.3 is 10.1 Å². The number of anilines is 1. The number of ether oxygens (including phenoxy) is 1. The normalized spacial score (nSPS) is 23.5. The number of hydrogen-bond donors (Lipinski definition) is 1. The number of rotatable bonds is 2. The molecule has 2 heterocycles. The van der Waals surface area contributed by atoms with E-state index in [0.29, 0.717) is 16.3 Å². The zero-order valence-corrected chi connectivity index (χ0v) is 16.0. The average Bonchev–Trinajstić information content (AvgIpc) is 2.94. The number of para-hydroxylation sites is 1. The lowest BCUT2D eigenvalue weighted by Gasteiger charge is -2.40. The highest BCUT2D eigenvalue weighted by atomic mass is 35.5. The third kappa shape index (κ3) is 2.67. The number of amides is 3. The molecule has 2 aromatic rings. The standard InChI is InChI=1S/C21H19ClN2O4/c1-2-28-20(27)24-17-6-4-3-5-15(17)21(19(24)26)12-23-18(25)11-16(21)13-7-9-14(22)10-8-13/h3-10,16H,2,11-12H2,1H3,(H,23,25). The van der Waals surface area contributed by atoms with E-state index in [9.17, 15) is 14.4 Å². The molecule has 2 atom stereocenters. The molecular weight excluding hydrogens is 380 g/mol. The minimum atomic E-state index is -1.08. The summed E-state index contributed by atoms with van der Waals surface area (Å²) in [6, 6.07) is 14.3. The zero-order valence-electron chi connectivity index (χ0n) is 15.3. The molecule has 4 rings (SSSR count). The molecule has 2 aromatic carbocycles. The average molecular weight is 399 g/mol. The third-order valence-electron chi connectivity index (χ3n) is 5.48. The molecule has 3 amide bonds. The summed E-state index contributed by atoms with van der Waals surface area (Å²) in [6.07, 6.45) is -0.568. The van der Waals surface area contributed by atoms with Crippen molar-refractivity contribution in [3.8, 4) is 0 Å². The maximum Gasteiger partial charge on any atom is 0.421 e. The first kappa shape index (κ1) is 18.5. The topological polar surface area (TPSA) is 75.7 Å². The Bertz CT molecular complexity index is 959. The summed E-state index contributed by atoms with van der Waals surface area (Å²) in [4.78, 5) is 39.6. The van der Waals surface area contributed by atoms with Crippen LogP contribution >= 0.6 is 11.6 Å². The predicted molar refractivity (Wildman–Crippen MR) is 104 cm³/mol. The summed E-state index contributed by atoms with van der Waals surface area (Å²) in [6.45, 7) is 1.97. The van der Waals surface area contributed by atoms with Gasteiger partial charge in [-0.25, -0.2) is 9.69 Å². The highest BCUT2D eigenvalue weighted by molar-refractivity contribution is 6.30. The fraction of sp³-hybridized carbons (Fsp3) is 0.286. The fourth-order valence-corrected chi connectivity index (χ4v) is 4.36. The van der Waals surface area contributed by atoms with Crippen molar-refractivity contribution in [1.82, 2.24) is 5.32 Å². The van der Waals surface area contributed by atoms with Gasteiger partial charge in [0.25, 0.3) is 0 Å². The first-order valence-corrected chi connectivity index (χ1v) is 9.50. The van der Waals surface area contributed by atoms with E-state index in [1.165, 1.54) is 0 Å². The summed E-state index contributed by atoms with van der Waals surface area (Å²) in [5.74, 6) is -0.941. The monoisotopic (exact) mass is 398 g/mol. The van der Waals surface area contributed by atoms with E-state index in [-0.39, 0.29) is 31.4 Å². The molecule has 6 nitrogen and oxygen atoms in total. The second-order valence-electron chi connectivity index (χ2n) is 6.91. The summed E-state index contributed by atoms with van der Waals surface area (Å²) in [5, 5.41) is 3.40. The maximum absolute atomic E-state index is 13.7. The molecule has 2 unspecified atom stereocenters. The second kappa shape index (κ2) is 6.95. The van der Waals surface area contributed by atoms with Crippen molar-refractivity contribution in [2.24, 2.45) is 0 Å². The number of benzene rings is 2. The van der Waals surface area contributed by atoms with Crippen molar-refractivity contribution in [3.63, 3.8) is 0 Å².